The van der Waals surface area contributed by atoms with Crippen molar-refractivity contribution in [3.63, 3.8) is 0 Å². The molecule has 122 valence electrons. The van der Waals surface area contributed by atoms with Crippen LogP contribution in [0.2, 0.25) is 0 Å². The van der Waals surface area contributed by atoms with Gasteiger partial charge in [0.1, 0.15) is 5.75 Å². The predicted molar refractivity (Wildman–Crippen MR) is 91.9 cm³/mol. The van der Waals surface area contributed by atoms with Crippen molar-refractivity contribution >= 4 is 10.0 Å². The summed E-state index contributed by atoms with van der Waals surface area (Å²) in [5.74, 6) is 0.600. The number of benzene rings is 2. The van der Waals surface area contributed by atoms with Crippen LogP contribution in [0.3, 0.4) is 0 Å². The van der Waals surface area contributed by atoms with E-state index in [2.05, 4.69) is 11.3 Å². The van der Waals surface area contributed by atoms with Crippen LogP contribution in [0.1, 0.15) is 18.5 Å². The molecular weight excluding hydrogens is 310 g/mol. The molecule has 0 fully saturated rings. The Morgan fingerprint density at radius 1 is 1.13 bits per heavy atom. The van der Waals surface area contributed by atoms with Gasteiger partial charge in [-0.25, -0.2) is 13.1 Å². The zero-order chi connectivity index (χ0) is 16.9. The lowest BCUT2D eigenvalue weighted by molar-refractivity contribution is 0.412. The Bertz CT molecular complexity index is 757. The Labute approximate surface area is 137 Å². The van der Waals surface area contributed by atoms with Gasteiger partial charge in [-0.3, -0.25) is 0 Å². The van der Waals surface area contributed by atoms with E-state index in [1.165, 1.54) is 0 Å². The summed E-state index contributed by atoms with van der Waals surface area (Å²) in [7, 11) is -2.04. The van der Waals surface area contributed by atoms with E-state index < -0.39 is 16.1 Å². The Morgan fingerprint density at radius 2 is 1.83 bits per heavy atom. The maximum Gasteiger partial charge on any atom is 0.241 e. The van der Waals surface area contributed by atoms with E-state index >= 15 is 0 Å². The zero-order valence-electron chi connectivity index (χ0n) is 13.3. The molecule has 0 bridgehead atoms. The summed E-state index contributed by atoms with van der Waals surface area (Å²) in [5.41, 5.74) is 0.830. The zero-order valence-corrected chi connectivity index (χ0v) is 14.1. The van der Waals surface area contributed by atoms with Crippen LogP contribution in [0.5, 0.6) is 5.75 Å². The quantitative estimate of drug-likeness (QED) is 0.790. The van der Waals surface area contributed by atoms with Gasteiger partial charge in [0, 0.05) is 0 Å². The van der Waals surface area contributed by atoms with Gasteiger partial charge in [-0.1, -0.05) is 43.3 Å². The molecule has 0 aliphatic rings. The first-order chi connectivity index (χ1) is 11.0. The first-order valence-electron chi connectivity index (χ1n) is 7.32. The monoisotopic (exact) mass is 331 g/mol. The van der Waals surface area contributed by atoms with Crippen molar-refractivity contribution in [1.29, 1.82) is 0 Å². The third-order valence-electron chi connectivity index (χ3n) is 3.69. The first-order valence-corrected chi connectivity index (χ1v) is 8.80. The molecule has 2 aromatic rings. The summed E-state index contributed by atoms with van der Waals surface area (Å²) in [6, 6.07) is 15.3. The lowest BCUT2D eigenvalue weighted by Crippen LogP contribution is -2.32. The fourth-order valence-electron chi connectivity index (χ4n) is 2.28. The molecule has 0 saturated carbocycles. The minimum atomic E-state index is -3.62. The van der Waals surface area contributed by atoms with Gasteiger partial charge >= 0.3 is 0 Å². The molecule has 2 aromatic carbocycles. The van der Waals surface area contributed by atoms with Gasteiger partial charge in [0.2, 0.25) is 10.0 Å². The normalized spacial score (nSPS) is 14.0. The molecule has 2 atom stereocenters. The first kappa shape index (κ1) is 17.2. The molecule has 0 heterocycles. The van der Waals surface area contributed by atoms with Crippen LogP contribution in [-0.2, 0) is 10.0 Å². The second-order valence-electron chi connectivity index (χ2n) is 5.28. The van der Waals surface area contributed by atoms with Crippen LogP contribution in [0.25, 0.3) is 0 Å². The molecule has 2 unspecified atom stereocenters. The number of hydrogen-bond donors (Lipinski definition) is 1. The highest BCUT2D eigenvalue weighted by Crippen LogP contribution is 2.27. The topological polar surface area (TPSA) is 55.4 Å². The summed E-state index contributed by atoms with van der Waals surface area (Å²) in [6.07, 6.45) is 1.73. The summed E-state index contributed by atoms with van der Waals surface area (Å²) in [4.78, 5) is 0.240. The number of rotatable bonds is 7. The van der Waals surface area contributed by atoms with Gasteiger partial charge in [0.25, 0.3) is 0 Å². The van der Waals surface area contributed by atoms with E-state index in [-0.39, 0.29) is 10.8 Å². The minimum absolute atomic E-state index is 0.0828. The van der Waals surface area contributed by atoms with Crippen LogP contribution < -0.4 is 9.46 Å². The van der Waals surface area contributed by atoms with Crippen LogP contribution in [0, 0.1) is 5.92 Å². The minimum Gasteiger partial charge on any atom is -0.497 e. The maximum atomic E-state index is 12.6. The van der Waals surface area contributed by atoms with Crippen molar-refractivity contribution in [3.05, 3.63) is 72.8 Å². The standard InChI is InChI=1S/C18H21NO3S/c1-4-14(2)18(15-9-8-10-16(13-15)22-3)19-23(20,21)17-11-6-5-7-12-17/h4-14,18-19H,1H2,2-3H3. The van der Waals surface area contributed by atoms with Gasteiger partial charge in [0.05, 0.1) is 18.0 Å². The van der Waals surface area contributed by atoms with Crippen molar-refractivity contribution < 1.29 is 13.2 Å². The van der Waals surface area contributed by atoms with Gasteiger partial charge in [0.15, 0.2) is 0 Å². The second kappa shape index (κ2) is 7.44. The van der Waals surface area contributed by atoms with Gasteiger partial charge in [-0.15, -0.1) is 6.58 Å². The molecule has 23 heavy (non-hydrogen) atoms. The van der Waals surface area contributed by atoms with E-state index in [4.69, 9.17) is 4.74 Å². The van der Waals surface area contributed by atoms with Gasteiger partial charge in [-0.05, 0) is 35.7 Å². The van der Waals surface area contributed by atoms with Gasteiger partial charge < -0.3 is 4.74 Å². The van der Waals surface area contributed by atoms with Crippen molar-refractivity contribution in [2.45, 2.75) is 17.9 Å². The highest BCUT2D eigenvalue weighted by molar-refractivity contribution is 7.89. The Morgan fingerprint density at radius 3 is 2.43 bits per heavy atom. The van der Waals surface area contributed by atoms with Crippen molar-refractivity contribution in [1.82, 2.24) is 4.72 Å². The van der Waals surface area contributed by atoms with E-state index in [1.807, 2.05) is 31.2 Å². The Balaban J connectivity index is 2.38. The Hall–Kier alpha value is -2.11. The number of sulfonamides is 1. The lowest BCUT2D eigenvalue weighted by Gasteiger charge is -2.23. The molecule has 2 rings (SSSR count). The van der Waals surface area contributed by atoms with E-state index in [1.54, 1.807) is 43.5 Å². The molecule has 0 aromatic heterocycles. The molecule has 1 N–H and O–H groups in total. The van der Waals surface area contributed by atoms with E-state index in [9.17, 15) is 8.42 Å². The third kappa shape index (κ3) is 4.21. The maximum absolute atomic E-state index is 12.6. The molecule has 0 radical (unpaired) electrons. The fourth-order valence-corrected chi connectivity index (χ4v) is 3.62. The van der Waals surface area contributed by atoms with Crippen molar-refractivity contribution in [3.8, 4) is 5.75 Å². The van der Waals surface area contributed by atoms with Crippen LogP contribution >= 0.6 is 0 Å². The molecule has 0 amide bonds. The van der Waals surface area contributed by atoms with Crippen molar-refractivity contribution in [2.75, 3.05) is 7.11 Å². The average molecular weight is 331 g/mol. The molecule has 0 spiro atoms. The van der Waals surface area contributed by atoms with E-state index in [0.717, 1.165) is 5.56 Å². The van der Waals surface area contributed by atoms with Crippen LogP contribution in [0.15, 0.2) is 72.1 Å². The Kier molecular flexibility index (Phi) is 5.58. The van der Waals surface area contributed by atoms with Crippen LogP contribution in [-0.4, -0.2) is 15.5 Å². The summed E-state index contributed by atoms with van der Waals surface area (Å²) >= 11 is 0. The fraction of sp³-hybridized carbons (Fsp3) is 0.222. The molecule has 5 heteroatoms. The third-order valence-corrected chi connectivity index (χ3v) is 5.14. The largest absolute Gasteiger partial charge is 0.497 e. The molecule has 0 saturated heterocycles. The summed E-state index contributed by atoms with van der Waals surface area (Å²) in [5, 5.41) is 0. The average Bonchev–Trinajstić information content (AvgIpc) is 2.60. The van der Waals surface area contributed by atoms with E-state index in [0.29, 0.717) is 5.75 Å². The SMILES string of the molecule is C=CC(C)C(NS(=O)(=O)c1ccccc1)c1cccc(OC)c1. The smallest absolute Gasteiger partial charge is 0.241 e. The number of hydrogen-bond acceptors (Lipinski definition) is 3. The lowest BCUT2D eigenvalue weighted by atomic mass is 9.95. The number of ether oxygens (including phenoxy) is 1. The number of nitrogens with one attached hydrogen (secondary N) is 1. The molecular formula is C18H21NO3S. The van der Waals surface area contributed by atoms with Crippen molar-refractivity contribution in [2.24, 2.45) is 5.92 Å². The van der Waals surface area contributed by atoms with Crippen LogP contribution in [0.4, 0.5) is 0 Å². The highest BCUT2D eigenvalue weighted by atomic mass is 32.2. The summed E-state index contributed by atoms with van der Waals surface area (Å²) in [6.45, 7) is 5.71. The summed E-state index contributed by atoms with van der Waals surface area (Å²) < 4.78 is 33.2. The number of methoxy groups -OCH3 is 1. The molecule has 0 aliphatic carbocycles. The highest BCUT2D eigenvalue weighted by Gasteiger charge is 2.24. The molecule has 0 aliphatic heterocycles. The second-order valence-corrected chi connectivity index (χ2v) is 7.00. The predicted octanol–water partition coefficient (Wildman–Crippen LogP) is 3.54. The van der Waals surface area contributed by atoms with Gasteiger partial charge in [-0.2, -0.15) is 0 Å². The molecule has 4 nitrogen and oxygen atoms in total.